The summed E-state index contributed by atoms with van der Waals surface area (Å²) in [7, 11) is 0. The van der Waals surface area contributed by atoms with Gasteiger partial charge in [-0.15, -0.1) is 0 Å². The molecule has 0 aliphatic rings. The van der Waals surface area contributed by atoms with Crippen LogP contribution in [0.5, 0.6) is 0 Å². The minimum absolute atomic E-state index is 0.0566. The SMILES string of the molecule is CCN(CC)C(=O)c1cc(C)nc(NCc2ccc(C)cc2)n1. The monoisotopic (exact) mass is 312 g/mol. The minimum Gasteiger partial charge on any atom is -0.350 e. The number of aryl methyl sites for hydroxylation is 2. The molecule has 0 saturated heterocycles. The average molecular weight is 312 g/mol. The Morgan fingerprint density at radius 1 is 1.09 bits per heavy atom. The van der Waals surface area contributed by atoms with E-state index in [9.17, 15) is 4.79 Å². The Bertz CT molecular complexity index is 663. The molecule has 122 valence electrons. The van der Waals surface area contributed by atoms with E-state index >= 15 is 0 Å². The third-order valence-electron chi connectivity index (χ3n) is 3.70. The van der Waals surface area contributed by atoms with Gasteiger partial charge >= 0.3 is 0 Å². The molecule has 0 fully saturated rings. The quantitative estimate of drug-likeness (QED) is 0.890. The molecule has 23 heavy (non-hydrogen) atoms. The first-order valence-corrected chi connectivity index (χ1v) is 7.97. The van der Waals surface area contributed by atoms with Gasteiger partial charge in [0.25, 0.3) is 5.91 Å². The molecule has 0 bridgehead atoms. The highest BCUT2D eigenvalue weighted by Crippen LogP contribution is 2.10. The van der Waals surface area contributed by atoms with E-state index in [-0.39, 0.29) is 5.91 Å². The van der Waals surface area contributed by atoms with Gasteiger partial charge in [-0.1, -0.05) is 29.8 Å². The summed E-state index contributed by atoms with van der Waals surface area (Å²) in [5.41, 5.74) is 3.60. The minimum atomic E-state index is -0.0566. The molecular weight excluding hydrogens is 288 g/mol. The Labute approximate surface area is 137 Å². The highest BCUT2D eigenvalue weighted by molar-refractivity contribution is 5.92. The largest absolute Gasteiger partial charge is 0.350 e. The molecule has 2 aromatic rings. The molecule has 0 aliphatic carbocycles. The molecule has 0 unspecified atom stereocenters. The van der Waals surface area contributed by atoms with Gasteiger partial charge in [0.1, 0.15) is 5.69 Å². The summed E-state index contributed by atoms with van der Waals surface area (Å²) in [6.45, 7) is 9.83. The predicted molar refractivity (Wildman–Crippen MR) is 92.5 cm³/mol. The van der Waals surface area contributed by atoms with Crippen molar-refractivity contribution < 1.29 is 4.79 Å². The lowest BCUT2D eigenvalue weighted by atomic mass is 10.1. The van der Waals surface area contributed by atoms with Crippen molar-refractivity contribution in [3.63, 3.8) is 0 Å². The van der Waals surface area contributed by atoms with E-state index in [0.29, 0.717) is 31.3 Å². The Morgan fingerprint density at radius 2 is 1.74 bits per heavy atom. The van der Waals surface area contributed by atoms with Gasteiger partial charge in [-0.3, -0.25) is 4.79 Å². The first-order valence-electron chi connectivity index (χ1n) is 7.97. The maximum absolute atomic E-state index is 12.4. The summed E-state index contributed by atoms with van der Waals surface area (Å²) < 4.78 is 0. The van der Waals surface area contributed by atoms with E-state index in [1.807, 2.05) is 20.8 Å². The van der Waals surface area contributed by atoms with Gasteiger partial charge in [0.2, 0.25) is 5.95 Å². The Kier molecular flexibility index (Phi) is 5.68. The van der Waals surface area contributed by atoms with E-state index in [1.165, 1.54) is 5.56 Å². The van der Waals surface area contributed by atoms with Gasteiger partial charge in [-0.2, -0.15) is 0 Å². The second-order valence-corrected chi connectivity index (χ2v) is 5.53. The number of rotatable bonds is 6. The fraction of sp³-hybridized carbons (Fsp3) is 0.389. The maximum Gasteiger partial charge on any atom is 0.272 e. The number of aromatic nitrogens is 2. The summed E-state index contributed by atoms with van der Waals surface area (Å²) in [5.74, 6) is 0.431. The van der Waals surface area contributed by atoms with Gasteiger partial charge in [0.15, 0.2) is 0 Å². The second-order valence-electron chi connectivity index (χ2n) is 5.53. The number of carbonyl (C=O) groups is 1. The summed E-state index contributed by atoms with van der Waals surface area (Å²) in [4.78, 5) is 22.9. The van der Waals surface area contributed by atoms with Crippen LogP contribution in [0.4, 0.5) is 5.95 Å². The number of hydrogen-bond acceptors (Lipinski definition) is 4. The first-order chi connectivity index (χ1) is 11.0. The van der Waals surface area contributed by atoms with Crippen molar-refractivity contribution in [2.24, 2.45) is 0 Å². The van der Waals surface area contributed by atoms with E-state index in [2.05, 4.69) is 46.5 Å². The van der Waals surface area contributed by atoms with Crippen molar-refractivity contribution >= 4 is 11.9 Å². The molecule has 1 heterocycles. The topological polar surface area (TPSA) is 58.1 Å². The van der Waals surface area contributed by atoms with Crippen LogP contribution in [-0.4, -0.2) is 33.9 Å². The molecule has 1 aromatic heterocycles. The van der Waals surface area contributed by atoms with E-state index in [0.717, 1.165) is 11.3 Å². The number of nitrogens with zero attached hydrogens (tertiary/aromatic N) is 3. The number of carbonyl (C=O) groups excluding carboxylic acids is 1. The summed E-state index contributed by atoms with van der Waals surface area (Å²) in [6, 6.07) is 10.0. The van der Waals surface area contributed by atoms with Crippen molar-refractivity contribution in [3.05, 3.63) is 52.8 Å². The molecule has 1 amide bonds. The van der Waals surface area contributed by atoms with Crippen LogP contribution in [0.2, 0.25) is 0 Å². The van der Waals surface area contributed by atoms with Crippen molar-refractivity contribution in [2.75, 3.05) is 18.4 Å². The first kappa shape index (κ1) is 16.9. The zero-order valence-corrected chi connectivity index (χ0v) is 14.3. The lowest BCUT2D eigenvalue weighted by Gasteiger charge is -2.18. The molecule has 1 aromatic carbocycles. The zero-order valence-electron chi connectivity index (χ0n) is 14.3. The van der Waals surface area contributed by atoms with Crippen LogP contribution in [0, 0.1) is 13.8 Å². The van der Waals surface area contributed by atoms with E-state index < -0.39 is 0 Å². The highest BCUT2D eigenvalue weighted by atomic mass is 16.2. The normalized spacial score (nSPS) is 10.4. The lowest BCUT2D eigenvalue weighted by molar-refractivity contribution is 0.0767. The number of benzene rings is 1. The van der Waals surface area contributed by atoms with Crippen molar-refractivity contribution in [1.29, 1.82) is 0 Å². The van der Waals surface area contributed by atoms with Crippen molar-refractivity contribution in [3.8, 4) is 0 Å². The van der Waals surface area contributed by atoms with Crippen molar-refractivity contribution in [1.82, 2.24) is 14.9 Å². The fourth-order valence-electron chi connectivity index (χ4n) is 2.32. The van der Waals surface area contributed by atoms with Gasteiger partial charge in [0, 0.05) is 25.3 Å². The third-order valence-corrected chi connectivity index (χ3v) is 3.70. The van der Waals surface area contributed by atoms with Crippen LogP contribution >= 0.6 is 0 Å². The molecule has 1 N–H and O–H groups in total. The maximum atomic E-state index is 12.4. The fourth-order valence-corrected chi connectivity index (χ4v) is 2.32. The Morgan fingerprint density at radius 3 is 2.35 bits per heavy atom. The van der Waals surface area contributed by atoms with Crippen LogP contribution in [-0.2, 0) is 6.54 Å². The number of anilines is 1. The molecule has 0 saturated carbocycles. The van der Waals surface area contributed by atoms with Crippen molar-refractivity contribution in [2.45, 2.75) is 34.2 Å². The molecule has 5 heteroatoms. The van der Waals surface area contributed by atoms with Crippen LogP contribution in [0.15, 0.2) is 30.3 Å². The smallest absolute Gasteiger partial charge is 0.272 e. The van der Waals surface area contributed by atoms with Crippen LogP contribution in [0.3, 0.4) is 0 Å². The summed E-state index contributed by atoms with van der Waals surface area (Å²) in [6.07, 6.45) is 0. The van der Waals surface area contributed by atoms with Gasteiger partial charge in [0.05, 0.1) is 0 Å². The molecule has 5 nitrogen and oxygen atoms in total. The molecule has 2 rings (SSSR count). The third kappa shape index (κ3) is 4.52. The highest BCUT2D eigenvalue weighted by Gasteiger charge is 2.15. The molecule has 0 spiro atoms. The summed E-state index contributed by atoms with van der Waals surface area (Å²) in [5, 5.41) is 3.20. The number of amides is 1. The van der Waals surface area contributed by atoms with Crippen LogP contribution in [0.25, 0.3) is 0 Å². The number of hydrogen-bond donors (Lipinski definition) is 1. The van der Waals surface area contributed by atoms with Gasteiger partial charge in [-0.05, 0) is 39.3 Å². The summed E-state index contributed by atoms with van der Waals surface area (Å²) >= 11 is 0. The molecule has 0 aliphatic heterocycles. The zero-order chi connectivity index (χ0) is 16.8. The second kappa shape index (κ2) is 7.72. The Balaban J connectivity index is 2.13. The molecule has 0 radical (unpaired) electrons. The predicted octanol–water partition coefficient (Wildman–Crippen LogP) is 3.19. The molecule has 0 atom stereocenters. The van der Waals surface area contributed by atoms with Gasteiger partial charge < -0.3 is 10.2 Å². The van der Waals surface area contributed by atoms with Crippen LogP contribution in [0.1, 0.15) is 41.2 Å². The molecular formula is C18H24N4O. The standard InChI is InChI=1S/C18H24N4O/c1-5-22(6-2)17(23)16-11-14(4)20-18(21-16)19-12-15-9-7-13(3)8-10-15/h7-11H,5-6,12H2,1-4H3,(H,19,20,21). The lowest BCUT2D eigenvalue weighted by Crippen LogP contribution is -2.31. The Hall–Kier alpha value is -2.43. The van der Waals surface area contributed by atoms with E-state index in [4.69, 9.17) is 0 Å². The van der Waals surface area contributed by atoms with E-state index in [1.54, 1.807) is 11.0 Å². The average Bonchev–Trinajstić information content (AvgIpc) is 2.55. The number of nitrogens with one attached hydrogen (secondary N) is 1. The van der Waals surface area contributed by atoms with Crippen LogP contribution < -0.4 is 5.32 Å². The van der Waals surface area contributed by atoms with Gasteiger partial charge in [-0.25, -0.2) is 9.97 Å².